The van der Waals surface area contributed by atoms with E-state index in [1.54, 1.807) is 0 Å². The molecule has 9 rings (SSSR count). The van der Waals surface area contributed by atoms with Gasteiger partial charge in [0.05, 0.1) is 0 Å². The van der Waals surface area contributed by atoms with E-state index >= 15 is 0 Å². The van der Waals surface area contributed by atoms with E-state index in [1.807, 2.05) is 66.7 Å². The molecule has 0 aliphatic heterocycles. The van der Waals surface area contributed by atoms with Crippen molar-refractivity contribution in [2.75, 3.05) is 0 Å². The summed E-state index contributed by atoms with van der Waals surface area (Å²) in [4.78, 5) is 15.3. The predicted molar refractivity (Wildman–Crippen MR) is 192 cm³/mol. The van der Waals surface area contributed by atoms with Gasteiger partial charge in [0.15, 0.2) is 17.5 Å². The summed E-state index contributed by atoms with van der Waals surface area (Å²) < 4.78 is 6.22. The maximum atomic E-state index is 6.22. The standard InChI is InChI=1S/C43H27N3O/c1-3-13-29(14-4-1)37-27-33(24-25-34(37)32-23-22-28-12-7-8-17-31(28)26-32)42-44-41(30-15-5-2-6-16-30)45-43(46-42)36-19-11-21-39-40(36)35-18-9-10-20-38(35)47-39/h1-27H. The molecule has 0 aliphatic rings. The number of nitrogens with zero attached hydrogens (tertiary/aromatic N) is 3. The number of fused-ring (bicyclic) bond motifs is 4. The Bertz CT molecular complexity index is 2570. The molecule has 0 unspecified atom stereocenters. The summed E-state index contributed by atoms with van der Waals surface area (Å²) in [6.45, 7) is 0. The van der Waals surface area contributed by atoms with Crippen molar-refractivity contribution in [3.8, 4) is 56.4 Å². The number of hydrogen-bond acceptors (Lipinski definition) is 4. The van der Waals surface area contributed by atoms with Crippen molar-refractivity contribution in [3.05, 3.63) is 164 Å². The number of para-hydroxylation sites is 1. The minimum Gasteiger partial charge on any atom is -0.456 e. The van der Waals surface area contributed by atoms with Gasteiger partial charge in [0, 0.05) is 27.5 Å². The first kappa shape index (κ1) is 27.0. The van der Waals surface area contributed by atoms with Gasteiger partial charge in [-0.05, 0) is 57.3 Å². The van der Waals surface area contributed by atoms with Crippen molar-refractivity contribution in [1.29, 1.82) is 0 Å². The molecule has 0 aliphatic carbocycles. The highest BCUT2D eigenvalue weighted by atomic mass is 16.3. The highest BCUT2D eigenvalue weighted by Gasteiger charge is 2.19. The van der Waals surface area contributed by atoms with Crippen LogP contribution in [0.1, 0.15) is 0 Å². The van der Waals surface area contributed by atoms with Gasteiger partial charge in [-0.15, -0.1) is 0 Å². The Morgan fingerprint density at radius 2 is 0.979 bits per heavy atom. The van der Waals surface area contributed by atoms with Crippen LogP contribution in [0.25, 0.3) is 89.1 Å². The lowest BCUT2D eigenvalue weighted by molar-refractivity contribution is 0.669. The second kappa shape index (κ2) is 11.2. The van der Waals surface area contributed by atoms with Gasteiger partial charge in [0.1, 0.15) is 11.2 Å². The summed E-state index contributed by atoms with van der Waals surface area (Å²) in [5.41, 5.74) is 8.95. The third kappa shape index (κ3) is 4.84. The fraction of sp³-hybridized carbons (Fsp3) is 0. The molecule has 2 heterocycles. The molecule has 7 aromatic carbocycles. The Labute approximate surface area is 271 Å². The van der Waals surface area contributed by atoms with Crippen molar-refractivity contribution in [2.45, 2.75) is 0 Å². The molecule has 9 aromatic rings. The Hall–Kier alpha value is -6.39. The molecule has 0 radical (unpaired) electrons. The minimum absolute atomic E-state index is 0.603. The zero-order valence-corrected chi connectivity index (χ0v) is 25.3. The average molecular weight is 602 g/mol. The molecule has 0 saturated heterocycles. The molecule has 4 nitrogen and oxygen atoms in total. The van der Waals surface area contributed by atoms with Crippen LogP contribution in [0.4, 0.5) is 0 Å². The fourth-order valence-corrected chi connectivity index (χ4v) is 6.45. The Balaban J connectivity index is 1.27. The first-order chi connectivity index (χ1) is 23.3. The first-order valence-corrected chi connectivity index (χ1v) is 15.7. The molecule has 220 valence electrons. The van der Waals surface area contributed by atoms with Crippen LogP contribution in [0, 0.1) is 0 Å². The summed E-state index contributed by atoms with van der Waals surface area (Å²) in [7, 11) is 0. The van der Waals surface area contributed by atoms with Crippen molar-refractivity contribution in [1.82, 2.24) is 15.0 Å². The van der Waals surface area contributed by atoms with Crippen molar-refractivity contribution < 1.29 is 4.42 Å². The molecule has 2 aromatic heterocycles. The Kier molecular flexibility index (Phi) is 6.43. The van der Waals surface area contributed by atoms with Gasteiger partial charge < -0.3 is 4.42 Å². The molecule has 0 amide bonds. The largest absolute Gasteiger partial charge is 0.456 e. The van der Waals surface area contributed by atoms with E-state index in [9.17, 15) is 0 Å². The summed E-state index contributed by atoms with van der Waals surface area (Å²) in [5, 5.41) is 4.47. The van der Waals surface area contributed by atoms with Gasteiger partial charge in [0.25, 0.3) is 0 Å². The van der Waals surface area contributed by atoms with Crippen LogP contribution < -0.4 is 0 Å². The van der Waals surface area contributed by atoms with E-state index in [4.69, 9.17) is 19.4 Å². The molecular formula is C43H27N3O. The van der Waals surface area contributed by atoms with E-state index in [2.05, 4.69) is 97.1 Å². The molecule has 0 spiro atoms. The van der Waals surface area contributed by atoms with Crippen molar-refractivity contribution in [2.24, 2.45) is 0 Å². The average Bonchev–Trinajstić information content (AvgIpc) is 3.54. The topological polar surface area (TPSA) is 51.8 Å². The first-order valence-electron chi connectivity index (χ1n) is 15.7. The SMILES string of the molecule is c1ccc(-c2nc(-c3ccc(-c4ccc5ccccc5c4)c(-c4ccccc4)c3)nc(-c3cccc4oc5ccccc5c34)n2)cc1. The van der Waals surface area contributed by atoms with Gasteiger partial charge >= 0.3 is 0 Å². The third-order valence-electron chi connectivity index (χ3n) is 8.73. The van der Waals surface area contributed by atoms with Crippen LogP contribution in [0.15, 0.2) is 168 Å². The summed E-state index contributed by atoms with van der Waals surface area (Å²) in [6, 6.07) is 56.4. The van der Waals surface area contributed by atoms with Gasteiger partial charge in [-0.1, -0.05) is 140 Å². The van der Waals surface area contributed by atoms with Gasteiger partial charge in [-0.2, -0.15) is 0 Å². The number of hydrogen-bond donors (Lipinski definition) is 0. The van der Waals surface area contributed by atoms with Gasteiger partial charge in [-0.25, -0.2) is 15.0 Å². The zero-order valence-electron chi connectivity index (χ0n) is 25.3. The van der Waals surface area contributed by atoms with E-state index in [-0.39, 0.29) is 0 Å². The molecule has 0 N–H and O–H groups in total. The van der Waals surface area contributed by atoms with Crippen LogP contribution in [-0.4, -0.2) is 15.0 Å². The second-order valence-electron chi connectivity index (χ2n) is 11.6. The van der Waals surface area contributed by atoms with Crippen molar-refractivity contribution in [3.63, 3.8) is 0 Å². The Morgan fingerprint density at radius 1 is 0.340 bits per heavy atom. The highest BCUT2D eigenvalue weighted by Crippen LogP contribution is 2.39. The fourth-order valence-electron chi connectivity index (χ4n) is 6.45. The minimum atomic E-state index is 0.603. The number of aromatic nitrogens is 3. The normalized spacial score (nSPS) is 11.4. The van der Waals surface area contributed by atoms with E-state index in [0.29, 0.717) is 17.5 Å². The second-order valence-corrected chi connectivity index (χ2v) is 11.6. The van der Waals surface area contributed by atoms with E-state index in [0.717, 1.165) is 60.9 Å². The highest BCUT2D eigenvalue weighted by molar-refractivity contribution is 6.11. The lowest BCUT2D eigenvalue weighted by atomic mass is 9.91. The van der Waals surface area contributed by atoms with Gasteiger partial charge in [0.2, 0.25) is 0 Å². The third-order valence-corrected chi connectivity index (χ3v) is 8.73. The maximum Gasteiger partial charge on any atom is 0.164 e. The molecular weight excluding hydrogens is 574 g/mol. The molecule has 0 fully saturated rings. The lowest BCUT2D eigenvalue weighted by Gasteiger charge is -2.14. The number of benzene rings is 7. The van der Waals surface area contributed by atoms with Crippen molar-refractivity contribution >= 4 is 32.7 Å². The van der Waals surface area contributed by atoms with Crippen LogP contribution in [0.3, 0.4) is 0 Å². The number of rotatable bonds is 5. The monoisotopic (exact) mass is 601 g/mol. The van der Waals surface area contributed by atoms with Crippen LogP contribution in [-0.2, 0) is 0 Å². The molecule has 47 heavy (non-hydrogen) atoms. The summed E-state index contributed by atoms with van der Waals surface area (Å²) in [5.74, 6) is 1.84. The number of furan rings is 1. The summed E-state index contributed by atoms with van der Waals surface area (Å²) in [6.07, 6.45) is 0. The zero-order chi connectivity index (χ0) is 31.2. The maximum absolute atomic E-state index is 6.22. The van der Waals surface area contributed by atoms with E-state index < -0.39 is 0 Å². The van der Waals surface area contributed by atoms with Crippen LogP contribution in [0.5, 0.6) is 0 Å². The smallest absolute Gasteiger partial charge is 0.164 e. The van der Waals surface area contributed by atoms with Gasteiger partial charge in [-0.3, -0.25) is 0 Å². The van der Waals surface area contributed by atoms with E-state index in [1.165, 1.54) is 10.8 Å². The molecule has 0 bridgehead atoms. The lowest BCUT2D eigenvalue weighted by Crippen LogP contribution is -2.01. The quantitative estimate of drug-likeness (QED) is 0.197. The van der Waals surface area contributed by atoms with Crippen LogP contribution >= 0.6 is 0 Å². The molecule has 4 heteroatoms. The molecule has 0 atom stereocenters. The summed E-state index contributed by atoms with van der Waals surface area (Å²) >= 11 is 0. The molecule has 0 saturated carbocycles. The predicted octanol–water partition coefficient (Wildman–Crippen LogP) is 11.3. The Morgan fingerprint density at radius 3 is 1.81 bits per heavy atom. The van der Waals surface area contributed by atoms with Crippen LogP contribution in [0.2, 0.25) is 0 Å².